The molecule has 2 amide bonds. The molecule has 2 saturated heterocycles. The highest BCUT2D eigenvalue weighted by Gasteiger charge is 2.39. The van der Waals surface area contributed by atoms with Crippen molar-refractivity contribution >= 4 is 51.8 Å². The Bertz CT molecular complexity index is 2290. The summed E-state index contributed by atoms with van der Waals surface area (Å²) in [4.78, 5) is 46.2. The molecule has 4 N–H and O–H groups in total. The third-order valence-electron chi connectivity index (χ3n) is 11.8. The molecule has 0 saturated carbocycles. The van der Waals surface area contributed by atoms with E-state index in [1.54, 1.807) is 9.58 Å². The smallest absolute Gasteiger partial charge is 0.256 e. The summed E-state index contributed by atoms with van der Waals surface area (Å²) in [6.45, 7) is 8.76. The highest BCUT2D eigenvalue weighted by molar-refractivity contribution is 6.01. The summed E-state index contributed by atoms with van der Waals surface area (Å²) in [5.41, 5.74) is 8.02. The lowest BCUT2D eigenvalue weighted by molar-refractivity contribution is -0.127. The van der Waals surface area contributed by atoms with Gasteiger partial charge in [-0.3, -0.25) is 14.5 Å². The number of nitrogens with zero attached hydrogens (tertiary/aromatic N) is 8. The normalized spacial score (nSPS) is 19.7. The average Bonchev–Trinajstić information content (AvgIpc) is 3.67. The van der Waals surface area contributed by atoms with Gasteiger partial charge in [0, 0.05) is 63.9 Å². The van der Waals surface area contributed by atoms with E-state index in [2.05, 4.69) is 81.0 Å². The summed E-state index contributed by atoms with van der Waals surface area (Å²) in [5, 5.41) is 27.1. The molecule has 284 valence electrons. The van der Waals surface area contributed by atoms with Crippen molar-refractivity contribution in [1.82, 2.24) is 39.8 Å². The van der Waals surface area contributed by atoms with Crippen LogP contribution >= 0.6 is 0 Å². The standard InChI is InChI=1S/C41H47N11O3/c1-25-6-4-7-26(2)35(25)46-36-31-21-43-40(47-37(31)49(3)48-36)44-29-10-9-27-13-17-50(22-28(27)20-29)24-41(55)14-18-51(19-15-41)34-12-11-30-32(45-34)23-52(39(30)54)33-8-5-16-42-38(33)53/h4,6-7,9-12,20-21,33,55H,5,8,13-19,22-24H2,1-3H3,(H,42,53)(H,46,48)(H,43,44,47). The fraction of sp³-hybridized carbons (Fsp3) is 0.415. The van der Waals surface area contributed by atoms with Crippen LogP contribution in [-0.4, -0.2) is 95.8 Å². The van der Waals surface area contributed by atoms with Gasteiger partial charge in [-0.1, -0.05) is 24.3 Å². The van der Waals surface area contributed by atoms with Crippen LogP contribution in [0.5, 0.6) is 0 Å². The Balaban J connectivity index is 0.822. The maximum atomic E-state index is 13.1. The van der Waals surface area contributed by atoms with E-state index < -0.39 is 11.6 Å². The number of β-amino-alcohol motifs (C(OH)–C–C–N with tert-alkyl or cyclic N) is 1. The number of carbonyl (C=O) groups excluding carboxylic acids is 2. The van der Waals surface area contributed by atoms with Gasteiger partial charge < -0.3 is 30.9 Å². The molecule has 55 heavy (non-hydrogen) atoms. The Morgan fingerprint density at radius 2 is 1.78 bits per heavy atom. The summed E-state index contributed by atoms with van der Waals surface area (Å²) >= 11 is 0. The molecule has 1 unspecified atom stereocenters. The van der Waals surface area contributed by atoms with Gasteiger partial charge in [0.2, 0.25) is 11.9 Å². The Hall–Kier alpha value is -5.60. The van der Waals surface area contributed by atoms with Gasteiger partial charge in [-0.2, -0.15) is 10.1 Å². The molecule has 1 atom stereocenters. The number of hydrogen-bond donors (Lipinski definition) is 4. The van der Waals surface area contributed by atoms with E-state index in [1.807, 2.05) is 25.4 Å². The number of hydrogen-bond acceptors (Lipinski definition) is 11. The molecule has 0 bridgehead atoms. The van der Waals surface area contributed by atoms with Gasteiger partial charge in [-0.15, -0.1) is 0 Å². The Morgan fingerprint density at radius 3 is 2.58 bits per heavy atom. The minimum Gasteiger partial charge on any atom is -0.388 e. The first-order valence-corrected chi connectivity index (χ1v) is 19.3. The lowest BCUT2D eigenvalue weighted by Gasteiger charge is -2.42. The van der Waals surface area contributed by atoms with Crippen molar-refractivity contribution in [3.05, 3.63) is 88.2 Å². The number of amides is 2. The van der Waals surface area contributed by atoms with Crippen molar-refractivity contribution in [2.45, 2.75) is 70.7 Å². The lowest BCUT2D eigenvalue weighted by atomic mass is 9.89. The van der Waals surface area contributed by atoms with Crippen molar-refractivity contribution in [2.24, 2.45) is 7.05 Å². The van der Waals surface area contributed by atoms with Gasteiger partial charge in [-0.05, 0) is 92.5 Å². The van der Waals surface area contributed by atoms with Crippen LogP contribution in [0.3, 0.4) is 0 Å². The molecule has 14 heteroatoms. The van der Waals surface area contributed by atoms with E-state index in [1.165, 1.54) is 11.1 Å². The first-order chi connectivity index (χ1) is 26.6. The number of fused-ring (bicyclic) bond motifs is 3. The van der Waals surface area contributed by atoms with Crippen LogP contribution < -0.4 is 20.9 Å². The van der Waals surface area contributed by atoms with Crippen LogP contribution in [0.25, 0.3) is 11.0 Å². The molecular formula is C41H47N11O3. The number of aliphatic hydroxyl groups is 1. The van der Waals surface area contributed by atoms with E-state index in [4.69, 9.17) is 15.1 Å². The number of para-hydroxylation sites is 1. The van der Waals surface area contributed by atoms with E-state index in [9.17, 15) is 14.7 Å². The lowest BCUT2D eigenvalue weighted by Crippen LogP contribution is -2.52. The van der Waals surface area contributed by atoms with Crippen molar-refractivity contribution in [3.8, 4) is 0 Å². The number of benzene rings is 2. The maximum absolute atomic E-state index is 13.1. The molecule has 7 heterocycles. The highest BCUT2D eigenvalue weighted by Crippen LogP contribution is 2.33. The molecule has 9 rings (SSSR count). The second-order valence-corrected chi connectivity index (χ2v) is 15.6. The van der Waals surface area contributed by atoms with Crippen LogP contribution in [-0.2, 0) is 31.4 Å². The second-order valence-electron chi connectivity index (χ2n) is 15.6. The van der Waals surface area contributed by atoms with Gasteiger partial charge in [0.05, 0.1) is 28.8 Å². The molecule has 3 aromatic heterocycles. The predicted molar refractivity (Wildman–Crippen MR) is 211 cm³/mol. The summed E-state index contributed by atoms with van der Waals surface area (Å²) in [6.07, 6.45) is 5.52. The number of aromatic nitrogens is 5. The number of piperidine rings is 2. The molecule has 5 aromatic rings. The zero-order valence-corrected chi connectivity index (χ0v) is 31.6. The summed E-state index contributed by atoms with van der Waals surface area (Å²) in [5.74, 6) is 1.84. The van der Waals surface area contributed by atoms with Gasteiger partial charge >= 0.3 is 0 Å². The minimum absolute atomic E-state index is 0.0811. The Kier molecular flexibility index (Phi) is 8.89. The minimum atomic E-state index is -0.806. The number of carbonyl (C=O) groups is 2. The molecule has 2 fully saturated rings. The van der Waals surface area contributed by atoms with Crippen LogP contribution in [0.2, 0.25) is 0 Å². The Labute approximate surface area is 320 Å². The fourth-order valence-electron chi connectivity index (χ4n) is 8.68. The second kappa shape index (κ2) is 13.9. The van der Waals surface area contributed by atoms with Crippen molar-refractivity contribution in [3.63, 3.8) is 0 Å². The first-order valence-electron chi connectivity index (χ1n) is 19.3. The number of nitrogens with one attached hydrogen (secondary N) is 3. The monoisotopic (exact) mass is 741 g/mol. The number of aryl methyl sites for hydroxylation is 3. The SMILES string of the molecule is Cc1cccc(C)c1Nc1nn(C)c2nc(Nc3ccc4c(c3)CN(CC3(O)CCN(c5ccc6c(n5)CN(C5CCCNC5=O)C6=O)CC3)CC4)ncc12. The zero-order valence-electron chi connectivity index (χ0n) is 31.6. The maximum Gasteiger partial charge on any atom is 0.256 e. The fourth-order valence-corrected chi connectivity index (χ4v) is 8.68. The van der Waals surface area contributed by atoms with Crippen LogP contribution in [0.15, 0.2) is 54.7 Å². The van der Waals surface area contributed by atoms with Gasteiger partial charge in [0.15, 0.2) is 11.5 Å². The van der Waals surface area contributed by atoms with E-state index in [0.29, 0.717) is 63.5 Å². The zero-order chi connectivity index (χ0) is 37.8. The quantitative estimate of drug-likeness (QED) is 0.178. The van der Waals surface area contributed by atoms with Gasteiger partial charge in [0.25, 0.3) is 5.91 Å². The molecule has 0 aliphatic carbocycles. The van der Waals surface area contributed by atoms with Crippen molar-refractivity contribution in [2.75, 3.05) is 48.3 Å². The van der Waals surface area contributed by atoms with E-state index in [-0.39, 0.29) is 11.8 Å². The topological polar surface area (TPSA) is 157 Å². The predicted octanol–water partition coefficient (Wildman–Crippen LogP) is 4.49. The molecule has 0 radical (unpaired) electrons. The molecule has 4 aliphatic heterocycles. The number of pyridine rings is 1. The number of anilines is 5. The third kappa shape index (κ3) is 6.73. The molecule has 0 spiro atoms. The van der Waals surface area contributed by atoms with Crippen molar-refractivity contribution < 1.29 is 14.7 Å². The molecule has 4 aliphatic rings. The van der Waals surface area contributed by atoms with E-state index >= 15 is 0 Å². The average molecular weight is 742 g/mol. The van der Waals surface area contributed by atoms with Gasteiger partial charge in [-0.25, -0.2) is 14.6 Å². The summed E-state index contributed by atoms with van der Waals surface area (Å²) < 4.78 is 1.77. The summed E-state index contributed by atoms with van der Waals surface area (Å²) in [7, 11) is 1.89. The third-order valence-corrected chi connectivity index (χ3v) is 11.8. The Morgan fingerprint density at radius 1 is 0.964 bits per heavy atom. The molecule has 2 aromatic carbocycles. The summed E-state index contributed by atoms with van der Waals surface area (Å²) in [6, 6.07) is 16.0. The van der Waals surface area contributed by atoms with Crippen molar-refractivity contribution in [1.29, 1.82) is 0 Å². The highest BCUT2D eigenvalue weighted by atomic mass is 16.3. The largest absolute Gasteiger partial charge is 0.388 e. The van der Waals surface area contributed by atoms with Gasteiger partial charge in [0.1, 0.15) is 11.9 Å². The first kappa shape index (κ1) is 35.1. The molecular weight excluding hydrogens is 695 g/mol. The van der Waals surface area contributed by atoms with E-state index in [0.717, 1.165) is 76.8 Å². The molecule has 14 nitrogen and oxygen atoms in total. The van der Waals surface area contributed by atoms with Crippen LogP contribution in [0, 0.1) is 13.8 Å². The van der Waals surface area contributed by atoms with Crippen LogP contribution in [0.1, 0.15) is 64.0 Å². The number of rotatable bonds is 8. The van der Waals surface area contributed by atoms with Crippen LogP contribution in [0.4, 0.5) is 29.0 Å².